The third kappa shape index (κ3) is 4.20. The first-order valence-electron chi connectivity index (χ1n) is 7.97. The summed E-state index contributed by atoms with van der Waals surface area (Å²) in [5, 5.41) is 3.43. The molecule has 0 atom stereocenters. The largest absolute Gasteiger partial charge is 0.357 e. The number of hydrogen-bond acceptors (Lipinski definition) is 3. The van der Waals surface area contributed by atoms with Crippen molar-refractivity contribution in [3.8, 4) is 0 Å². The summed E-state index contributed by atoms with van der Waals surface area (Å²) in [6.45, 7) is 7.60. The fourth-order valence-corrected chi connectivity index (χ4v) is 2.87. The third-order valence-electron chi connectivity index (χ3n) is 4.42. The molecule has 0 unspecified atom stereocenters. The number of pyridine rings is 1. The van der Waals surface area contributed by atoms with Gasteiger partial charge in [-0.05, 0) is 43.2 Å². The van der Waals surface area contributed by atoms with Gasteiger partial charge in [0.2, 0.25) is 0 Å². The van der Waals surface area contributed by atoms with E-state index in [9.17, 15) is 0 Å². The van der Waals surface area contributed by atoms with E-state index in [1.807, 2.05) is 6.20 Å². The molecule has 1 aliphatic rings. The molecule has 0 aromatic carbocycles. The minimum absolute atomic E-state index is 0.515. The van der Waals surface area contributed by atoms with Crippen LogP contribution in [0.3, 0.4) is 0 Å². The third-order valence-corrected chi connectivity index (χ3v) is 4.42. The van der Waals surface area contributed by atoms with Crippen molar-refractivity contribution in [1.82, 2.24) is 10.3 Å². The lowest BCUT2D eigenvalue weighted by atomic mass is 9.87. The average molecular weight is 275 g/mol. The van der Waals surface area contributed by atoms with Crippen LogP contribution in [0.1, 0.15) is 52.0 Å². The van der Waals surface area contributed by atoms with Gasteiger partial charge in [0.05, 0.1) is 0 Å². The van der Waals surface area contributed by atoms with Crippen molar-refractivity contribution in [2.24, 2.45) is 5.92 Å². The Morgan fingerprint density at radius 3 is 2.50 bits per heavy atom. The maximum absolute atomic E-state index is 4.64. The lowest BCUT2D eigenvalue weighted by molar-refractivity contribution is 0.340. The number of hydrogen-bond donors (Lipinski definition) is 1. The van der Waals surface area contributed by atoms with Gasteiger partial charge < -0.3 is 10.2 Å². The molecular weight excluding hydrogens is 246 g/mol. The minimum Gasteiger partial charge on any atom is -0.357 e. The smallest absolute Gasteiger partial charge is 0.128 e. The Morgan fingerprint density at radius 1 is 1.25 bits per heavy atom. The zero-order chi connectivity index (χ0) is 14.5. The van der Waals surface area contributed by atoms with Crippen molar-refractivity contribution < 1.29 is 0 Å². The normalized spacial score (nSPS) is 23.1. The molecule has 0 amide bonds. The molecule has 0 aliphatic heterocycles. The second-order valence-electron chi connectivity index (χ2n) is 6.58. The second-order valence-corrected chi connectivity index (χ2v) is 6.58. The van der Waals surface area contributed by atoms with Gasteiger partial charge in [0, 0.05) is 31.9 Å². The Balaban J connectivity index is 1.91. The van der Waals surface area contributed by atoms with E-state index in [0.29, 0.717) is 12.1 Å². The molecule has 1 aromatic heterocycles. The van der Waals surface area contributed by atoms with Gasteiger partial charge in [0.25, 0.3) is 0 Å². The molecule has 1 N–H and O–H groups in total. The fourth-order valence-electron chi connectivity index (χ4n) is 2.87. The Labute approximate surface area is 123 Å². The van der Waals surface area contributed by atoms with Gasteiger partial charge in [-0.25, -0.2) is 4.98 Å². The lowest BCUT2D eigenvalue weighted by Gasteiger charge is -2.34. The SMILES string of the molecule is CC1CCC(N(C)c2ccc(CNC(C)C)cn2)CC1. The van der Waals surface area contributed by atoms with Crippen LogP contribution in [0.2, 0.25) is 0 Å². The molecule has 3 heteroatoms. The summed E-state index contributed by atoms with van der Waals surface area (Å²) in [6, 6.07) is 5.54. The highest BCUT2D eigenvalue weighted by atomic mass is 15.2. The molecule has 20 heavy (non-hydrogen) atoms. The van der Waals surface area contributed by atoms with Gasteiger partial charge in [0.1, 0.15) is 5.82 Å². The zero-order valence-electron chi connectivity index (χ0n) is 13.4. The predicted molar refractivity (Wildman–Crippen MR) is 86.0 cm³/mol. The van der Waals surface area contributed by atoms with Crippen molar-refractivity contribution in [3.63, 3.8) is 0 Å². The molecular formula is C17H29N3. The minimum atomic E-state index is 0.515. The molecule has 0 saturated heterocycles. The summed E-state index contributed by atoms with van der Waals surface area (Å²) in [6.07, 6.45) is 7.31. The molecule has 0 bridgehead atoms. The van der Waals surface area contributed by atoms with Crippen LogP contribution in [0.15, 0.2) is 18.3 Å². The number of anilines is 1. The first-order chi connectivity index (χ1) is 9.56. The molecule has 1 heterocycles. The van der Waals surface area contributed by atoms with Gasteiger partial charge in [-0.2, -0.15) is 0 Å². The Morgan fingerprint density at radius 2 is 1.95 bits per heavy atom. The zero-order valence-corrected chi connectivity index (χ0v) is 13.4. The molecule has 1 aromatic rings. The van der Waals surface area contributed by atoms with Gasteiger partial charge in [-0.3, -0.25) is 0 Å². The molecule has 112 valence electrons. The van der Waals surface area contributed by atoms with Gasteiger partial charge >= 0.3 is 0 Å². The van der Waals surface area contributed by atoms with Crippen LogP contribution in [-0.2, 0) is 6.54 Å². The fraction of sp³-hybridized carbons (Fsp3) is 0.706. The highest BCUT2D eigenvalue weighted by Crippen LogP contribution is 2.28. The first kappa shape index (κ1) is 15.3. The van der Waals surface area contributed by atoms with Crippen LogP contribution >= 0.6 is 0 Å². The van der Waals surface area contributed by atoms with Gasteiger partial charge in [-0.15, -0.1) is 0 Å². The molecule has 0 radical (unpaired) electrons. The molecule has 1 aliphatic carbocycles. The predicted octanol–water partition coefficient (Wildman–Crippen LogP) is 3.59. The second kappa shape index (κ2) is 7.07. The monoisotopic (exact) mass is 275 g/mol. The van der Waals surface area contributed by atoms with E-state index in [2.05, 4.69) is 55.2 Å². The van der Waals surface area contributed by atoms with E-state index in [4.69, 9.17) is 0 Å². The number of aromatic nitrogens is 1. The van der Waals surface area contributed by atoms with Crippen LogP contribution in [0.25, 0.3) is 0 Å². The van der Waals surface area contributed by atoms with Crippen molar-refractivity contribution in [1.29, 1.82) is 0 Å². The first-order valence-corrected chi connectivity index (χ1v) is 7.97. The van der Waals surface area contributed by atoms with E-state index in [-0.39, 0.29) is 0 Å². The molecule has 1 saturated carbocycles. The summed E-state index contributed by atoms with van der Waals surface area (Å²) in [5.74, 6) is 2.01. The maximum atomic E-state index is 4.64. The maximum Gasteiger partial charge on any atom is 0.128 e. The van der Waals surface area contributed by atoms with E-state index in [1.165, 1.54) is 31.2 Å². The van der Waals surface area contributed by atoms with Crippen LogP contribution < -0.4 is 10.2 Å². The van der Waals surface area contributed by atoms with Crippen molar-refractivity contribution in [2.75, 3.05) is 11.9 Å². The van der Waals surface area contributed by atoms with Crippen molar-refractivity contribution in [3.05, 3.63) is 23.9 Å². The van der Waals surface area contributed by atoms with Gasteiger partial charge in [-0.1, -0.05) is 26.8 Å². The highest BCUT2D eigenvalue weighted by Gasteiger charge is 2.22. The molecule has 0 spiro atoms. The van der Waals surface area contributed by atoms with E-state index in [0.717, 1.165) is 18.3 Å². The van der Waals surface area contributed by atoms with Crippen molar-refractivity contribution in [2.45, 2.75) is 65.1 Å². The number of nitrogens with one attached hydrogen (secondary N) is 1. The highest BCUT2D eigenvalue weighted by molar-refractivity contribution is 5.39. The molecule has 3 nitrogen and oxygen atoms in total. The number of rotatable bonds is 5. The summed E-state index contributed by atoms with van der Waals surface area (Å²) < 4.78 is 0. The standard InChI is InChI=1S/C17H29N3/c1-13(2)18-11-15-7-10-17(19-12-15)20(4)16-8-5-14(3)6-9-16/h7,10,12-14,16,18H,5-6,8-9,11H2,1-4H3. The quantitative estimate of drug-likeness (QED) is 0.890. The van der Waals surface area contributed by atoms with Crippen LogP contribution in [0, 0.1) is 5.92 Å². The van der Waals surface area contributed by atoms with Crippen molar-refractivity contribution >= 4 is 5.82 Å². The summed E-state index contributed by atoms with van der Waals surface area (Å²) in [5.41, 5.74) is 1.26. The average Bonchev–Trinajstić information content (AvgIpc) is 2.46. The van der Waals surface area contributed by atoms with E-state index in [1.54, 1.807) is 0 Å². The summed E-state index contributed by atoms with van der Waals surface area (Å²) >= 11 is 0. The van der Waals surface area contributed by atoms with Gasteiger partial charge in [0.15, 0.2) is 0 Å². The van der Waals surface area contributed by atoms with E-state index >= 15 is 0 Å². The number of nitrogens with zero attached hydrogens (tertiary/aromatic N) is 2. The topological polar surface area (TPSA) is 28.2 Å². The summed E-state index contributed by atoms with van der Waals surface area (Å²) in [7, 11) is 2.19. The lowest BCUT2D eigenvalue weighted by Crippen LogP contribution is -2.35. The Kier molecular flexibility index (Phi) is 5.41. The summed E-state index contributed by atoms with van der Waals surface area (Å²) in [4.78, 5) is 7.00. The Hall–Kier alpha value is -1.09. The molecule has 2 rings (SSSR count). The molecule has 1 fully saturated rings. The van der Waals surface area contributed by atoms with Crippen LogP contribution in [0.4, 0.5) is 5.82 Å². The Bertz CT molecular complexity index is 391. The van der Waals surface area contributed by atoms with E-state index < -0.39 is 0 Å². The van der Waals surface area contributed by atoms with Crippen LogP contribution in [-0.4, -0.2) is 24.1 Å². The van der Waals surface area contributed by atoms with Crippen LogP contribution in [0.5, 0.6) is 0 Å².